The summed E-state index contributed by atoms with van der Waals surface area (Å²) in [6, 6.07) is 2.83. The molecule has 3 heteroatoms. The fourth-order valence-electron chi connectivity index (χ4n) is 3.00. The van der Waals surface area contributed by atoms with Crippen molar-refractivity contribution in [3.8, 4) is 0 Å². The van der Waals surface area contributed by atoms with Crippen LogP contribution in [-0.4, -0.2) is 23.1 Å². The van der Waals surface area contributed by atoms with Crippen molar-refractivity contribution in [2.75, 3.05) is 7.05 Å². The van der Waals surface area contributed by atoms with E-state index in [1.165, 1.54) is 31.4 Å². The fraction of sp³-hybridized carbons (Fsp3) is 0.750. The molecule has 0 amide bonds. The average Bonchev–Trinajstić information content (AvgIpc) is 2.37. The van der Waals surface area contributed by atoms with Crippen molar-refractivity contribution in [2.24, 2.45) is 5.92 Å². The molecule has 1 N–H and O–H groups in total. The third-order valence-corrected chi connectivity index (χ3v) is 4.04. The van der Waals surface area contributed by atoms with Gasteiger partial charge in [-0.1, -0.05) is 13.8 Å². The molecule has 0 aliphatic heterocycles. The van der Waals surface area contributed by atoms with Gasteiger partial charge in [0.2, 0.25) is 0 Å². The highest BCUT2D eigenvalue weighted by Gasteiger charge is 2.23. The maximum Gasteiger partial charge on any atom is 0.131 e. The first-order chi connectivity index (χ1) is 9.08. The summed E-state index contributed by atoms with van der Waals surface area (Å²) < 4.78 is 0. The Morgan fingerprint density at radius 2 is 1.89 bits per heavy atom. The maximum absolute atomic E-state index is 4.82. The number of hydrogen-bond acceptors (Lipinski definition) is 3. The summed E-state index contributed by atoms with van der Waals surface area (Å²) in [5.41, 5.74) is 2.34. The molecule has 0 saturated heterocycles. The van der Waals surface area contributed by atoms with Crippen molar-refractivity contribution < 1.29 is 0 Å². The summed E-state index contributed by atoms with van der Waals surface area (Å²) in [6.45, 7) is 6.58. The molecule has 2 rings (SSSR count). The van der Waals surface area contributed by atoms with Crippen LogP contribution in [0.15, 0.2) is 6.07 Å². The number of nitrogens with zero attached hydrogens (tertiary/aromatic N) is 2. The van der Waals surface area contributed by atoms with Crippen molar-refractivity contribution in [3.05, 3.63) is 23.3 Å². The van der Waals surface area contributed by atoms with E-state index in [1.54, 1.807) is 0 Å². The first-order valence-electron chi connectivity index (χ1n) is 7.60. The van der Waals surface area contributed by atoms with Gasteiger partial charge in [0.25, 0.3) is 0 Å². The quantitative estimate of drug-likeness (QED) is 0.904. The van der Waals surface area contributed by atoms with Gasteiger partial charge in [-0.3, -0.25) is 0 Å². The Labute approximate surface area is 117 Å². The zero-order valence-corrected chi connectivity index (χ0v) is 12.7. The van der Waals surface area contributed by atoms with Crippen LogP contribution in [0.5, 0.6) is 0 Å². The zero-order valence-electron chi connectivity index (χ0n) is 12.7. The molecule has 0 spiro atoms. The van der Waals surface area contributed by atoms with Crippen LogP contribution in [0.2, 0.25) is 0 Å². The van der Waals surface area contributed by atoms with Crippen LogP contribution in [0.1, 0.15) is 62.7 Å². The Morgan fingerprint density at radius 3 is 2.47 bits per heavy atom. The summed E-state index contributed by atoms with van der Waals surface area (Å²) >= 11 is 0. The first kappa shape index (κ1) is 14.4. The SMILES string of the molecule is CNC1CCC(c2nc(C)cc(CC(C)C)n2)CC1. The molecule has 1 heterocycles. The lowest BCUT2D eigenvalue weighted by Gasteiger charge is -2.27. The van der Waals surface area contributed by atoms with Crippen molar-refractivity contribution in [1.29, 1.82) is 0 Å². The molecule has 0 unspecified atom stereocenters. The Balaban J connectivity index is 2.09. The van der Waals surface area contributed by atoms with Gasteiger partial charge in [0.15, 0.2) is 0 Å². The summed E-state index contributed by atoms with van der Waals surface area (Å²) in [5, 5.41) is 3.38. The van der Waals surface area contributed by atoms with Gasteiger partial charge in [0.05, 0.1) is 0 Å². The van der Waals surface area contributed by atoms with E-state index in [1.807, 2.05) is 0 Å². The maximum atomic E-state index is 4.82. The number of hydrogen-bond donors (Lipinski definition) is 1. The third-order valence-electron chi connectivity index (χ3n) is 4.04. The van der Waals surface area contributed by atoms with Gasteiger partial charge in [-0.2, -0.15) is 0 Å². The molecule has 1 aromatic heterocycles. The third kappa shape index (κ3) is 4.00. The smallest absolute Gasteiger partial charge is 0.131 e. The van der Waals surface area contributed by atoms with E-state index in [2.05, 4.69) is 44.2 Å². The summed E-state index contributed by atoms with van der Waals surface area (Å²) in [7, 11) is 2.06. The topological polar surface area (TPSA) is 37.8 Å². The highest BCUT2D eigenvalue weighted by Crippen LogP contribution is 2.31. The van der Waals surface area contributed by atoms with Crippen LogP contribution < -0.4 is 5.32 Å². The van der Waals surface area contributed by atoms with Crippen LogP contribution in [-0.2, 0) is 6.42 Å². The molecule has 0 radical (unpaired) electrons. The molecule has 0 bridgehead atoms. The monoisotopic (exact) mass is 261 g/mol. The molecule has 1 fully saturated rings. The number of rotatable bonds is 4. The lowest BCUT2D eigenvalue weighted by molar-refractivity contribution is 0.349. The molecular weight excluding hydrogens is 234 g/mol. The number of nitrogens with one attached hydrogen (secondary N) is 1. The van der Waals surface area contributed by atoms with Crippen molar-refractivity contribution in [2.45, 2.75) is 64.8 Å². The van der Waals surface area contributed by atoms with E-state index in [4.69, 9.17) is 4.98 Å². The second kappa shape index (κ2) is 6.47. The molecule has 0 aromatic carbocycles. The largest absolute Gasteiger partial charge is 0.317 e. The standard InChI is InChI=1S/C16H27N3/c1-11(2)9-15-10-12(3)18-16(19-15)13-5-7-14(17-4)8-6-13/h10-11,13-14,17H,5-9H2,1-4H3. The highest BCUT2D eigenvalue weighted by atomic mass is 14.9. The molecule has 106 valence electrons. The van der Waals surface area contributed by atoms with Crippen LogP contribution in [0.4, 0.5) is 0 Å². The van der Waals surface area contributed by atoms with E-state index < -0.39 is 0 Å². The molecule has 0 atom stereocenters. The average molecular weight is 261 g/mol. The molecule has 3 nitrogen and oxygen atoms in total. The van der Waals surface area contributed by atoms with E-state index in [0.717, 1.165) is 17.9 Å². The summed E-state index contributed by atoms with van der Waals surface area (Å²) in [5.74, 6) is 2.31. The van der Waals surface area contributed by atoms with Gasteiger partial charge in [-0.25, -0.2) is 9.97 Å². The van der Waals surface area contributed by atoms with E-state index >= 15 is 0 Å². The predicted molar refractivity (Wildman–Crippen MR) is 79.4 cm³/mol. The number of aromatic nitrogens is 2. The molecule has 1 aliphatic rings. The molecule has 1 saturated carbocycles. The van der Waals surface area contributed by atoms with Crippen molar-refractivity contribution in [1.82, 2.24) is 15.3 Å². The van der Waals surface area contributed by atoms with Gasteiger partial charge in [-0.15, -0.1) is 0 Å². The van der Waals surface area contributed by atoms with Gasteiger partial charge < -0.3 is 5.32 Å². The van der Waals surface area contributed by atoms with Gasteiger partial charge in [-0.05, 0) is 58.1 Å². The van der Waals surface area contributed by atoms with Crippen molar-refractivity contribution >= 4 is 0 Å². The minimum absolute atomic E-state index is 0.565. The van der Waals surface area contributed by atoms with Crippen molar-refractivity contribution in [3.63, 3.8) is 0 Å². The van der Waals surface area contributed by atoms with Crippen LogP contribution in [0.3, 0.4) is 0 Å². The molecule has 19 heavy (non-hydrogen) atoms. The summed E-state index contributed by atoms with van der Waals surface area (Å²) in [6.07, 6.45) is 5.99. The van der Waals surface area contributed by atoms with E-state index in [9.17, 15) is 0 Å². The summed E-state index contributed by atoms with van der Waals surface area (Å²) in [4.78, 5) is 9.50. The Bertz CT molecular complexity index is 406. The normalized spacial score (nSPS) is 23.8. The number of aryl methyl sites for hydroxylation is 1. The van der Waals surface area contributed by atoms with Crippen LogP contribution in [0, 0.1) is 12.8 Å². The predicted octanol–water partition coefficient (Wildman–Crippen LogP) is 3.23. The Kier molecular flexibility index (Phi) is 4.92. The Morgan fingerprint density at radius 1 is 1.21 bits per heavy atom. The fourth-order valence-corrected chi connectivity index (χ4v) is 3.00. The van der Waals surface area contributed by atoms with Crippen LogP contribution in [0.25, 0.3) is 0 Å². The molecule has 1 aliphatic carbocycles. The van der Waals surface area contributed by atoms with E-state index in [0.29, 0.717) is 17.9 Å². The molecular formula is C16H27N3. The van der Waals surface area contributed by atoms with Gasteiger partial charge in [0, 0.05) is 23.3 Å². The minimum Gasteiger partial charge on any atom is -0.317 e. The van der Waals surface area contributed by atoms with Crippen LogP contribution >= 0.6 is 0 Å². The molecule has 1 aromatic rings. The lowest BCUT2D eigenvalue weighted by atomic mass is 9.85. The second-order valence-electron chi connectivity index (χ2n) is 6.29. The van der Waals surface area contributed by atoms with Gasteiger partial charge >= 0.3 is 0 Å². The minimum atomic E-state index is 0.565. The van der Waals surface area contributed by atoms with Gasteiger partial charge in [0.1, 0.15) is 5.82 Å². The lowest BCUT2D eigenvalue weighted by Crippen LogP contribution is -2.30. The zero-order chi connectivity index (χ0) is 13.8. The highest BCUT2D eigenvalue weighted by molar-refractivity contribution is 5.13. The van der Waals surface area contributed by atoms with E-state index in [-0.39, 0.29) is 0 Å². The second-order valence-corrected chi connectivity index (χ2v) is 6.29. The first-order valence-corrected chi connectivity index (χ1v) is 7.60. The Hall–Kier alpha value is -0.960.